The molecule has 0 atom stereocenters. The van der Waals surface area contributed by atoms with Gasteiger partial charge in [0.1, 0.15) is 5.82 Å². The Bertz CT molecular complexity index is 661. The van der Waals surface area contributed by atoms with Crippen LogP contribution in [0.25, 0.3) is 0 Å². The summed E-state index contributed by atoms with van der Waals surface area (Å²) in [6.45, 7) is 4.10. The lowest BCUT2D eigenvalue weighted by atomic mass is 10.2. The third-order valence-electron chi connectivity index (χ3n) is 4.08. The fourth-order valence-electron chi connectivity index (χ4n) is 2.79. The molecule has 6 heteroatoms. The number of halogens is 1. The normalized spacial score (nSPS) is 15.7. The van der Waals surface area contributed by atoms with Crippen molar-refractivity contribution in [1.82, 2.24) is 4.90 Å². The second kappa shape index (κ2) is 6.83. The Labute approximate surface area is 134 Å². The highest BCUT2D eigenvalue weighted by atomic mass is 19.1. The van der Waals surface area contributed by atoms with Crippen LogP contribution < -0.4 is 4.90 Å². The number of anilines is 1. The van der Waals surface area contributed by atoms with Crippen molar-refractivity contribution in [3.05, 3.63) is 53.7 Å². The molecular formula is C17H19FN2O3. The van der Waals surface area contributed by atoms with Gasteiger partial charge in [-0.2, -0.15) is 0 Å². The van der Waals surface area contributed by atoms with Crippen molar-refractivity contribution in [2.45, 2.75) is 6.54 Å². The van der Waals surface area contributed by atoms with E-state index in [1.165, 1.54) is 25.5 Å². The predicted octanol–water partition coefficient (Wildman–Crippen LogP) is 2.53. The average Bonchev–Trinajstić information content (AvgIpc) is 3.04. The molecule has 0 unspecified atom stereocenters. The van der Waals surface area contributed by atoms with E-state index < -0.39 is 5.97 Å². The third kappa shape index (κ3) is 3.53. The molecule has 3 rings (SSSR count). The van der Waals surface area contributed by atoms with Crippen LogP contribution >= 0.6 is 0 Å². The van der Waals surface area contributed by atoms with Gasteiger partial charge in [-0.3, -0.25) is 4.90 Å². The molecule has 2 heterocycles. The van der Waals surface area contributed by atoms with Crippen LogP contribution in [-0.2, 0) is 11.3 Å². The summed E-state index contributed by atoms with van der Waals surface area (Å²) >= 11 is 0. The van der Waals surface area contributed by atoms with Gasteiger partial charge in [-0.25, -0.2) is 9.18 Å². The summed E-state index contributed by atoms with van der Waals surface area (Å²) in [6.07, 6.45) is 1.51. The highest BCUT2D eigenvalue weighted by Gasteiger charge is 2.21. The van der Waals surface area contributed by atoms with Gasteiger partial charge in [0.15, 0.2) is 0 Å². The van der Waals surface area contributed by atoms with Crippen molar-refractivity contribution in [2.24, 2.45) is 0 Å². The van der Waals surface area contributed by atoms with Crippen LogP contribution in [0.5, 0.6) is 0 Å². The Morgan fingerprint density at radius 1 is 1.17 bits per heavy atom. The lowest BCUT2D eigenvalue weighted by Gasteiger charge is -2.36. The molecule has 1 fully saturated rings. The maximum Gasteiger partial charge on any atom is 0.374 e. The van der Waals surface area contributed by atoms with Gasteiger partial charge < -0.3 is 14.1 Å². The molecule has 0 spiro atoms. The van der Waals surface area contributed by atoms with E-state index in [9.17, 15) is 9.18 Å². The molecule has 1 aromatic heterocycles. The number of methoxy groups -OCH3 is 1. The van der Waals surface area contributed by atoms with Crippen LogP contribution in [0.3, 0.4) is 0 Å². The summed E-state index contributed by atoms with van der Waals surface area (Å²) in [4.78, 5) is 16.1. The zero-order valence-corrected chi connectivity index (χ0v) is 13.0. The average molecular weight is 318 g/mol. The summed E-state index contributed by atoms with van der Waals surface area (Å²) in [7, 11) is 1.34. The highest BCUT2D eigenvalue weighted by Crippen LogP contribution is 2.19. The summed E-state index contributed by atoms with van der Waals surface area (Å²) in [6, 6.07) is 8.37. The van der Waals surface area contributed by atoms with E-state index >= 15 is 0 Å². The van der Waals surface area contributed by atoms with E-state index in [4.69, 9.17) is 9.15 Å². The Morgan fingerprint density at radius 3 is 2.52 bits per heavy atom. The second-order valence-corrected chi connectivity index (χ2v) is 5.51. The van der Waals surface area contributed by atoms with Gasteiger partial charge >= 0.3 is 5.97 Å². The molecule has 0 N–H and O–H groups in total. The number of esters is 1. The topological polar surface area (TPSA) is 45.9 Å². The molecule has 5 nitrogen and oxygen atoms in total. The Kier molecular flexibility index (Phi) is 4.62. The van der Waals surface area contributed by atoms with Crippen molar-refractivity contribution in [3.63, 3.8) is 0 Å². The molecule has 1 saturated heterocycles. The van der Waals surface area contributed by atoms with E-state index in [0.717, 1.165) is 37.4 Å². The van der Waals surface area contributed by atoms with Crippen molar-refractivity contribution < 1.29 is 18.3 Å². The SMILES string of the molecule is COC(=O)c1occc1CN1CCN(c2ccc(F)cc2)CC1. The third-order valence-corrected chi connectivity index (χ3v) is 4.08. The number of furan rings is 1. The molecule has 2 aromatic rings. The molecule has 1 aromatic carbocycles. The molecule has 0 aliphatic carbocycles. The van der Waals surface area contributed by atoms with E-state index in [-0.39, 0.29) is 11.6 Å². The Balaban J connectivity index is 1.58. The number of hydrogen-bond acceptors (Lipinski definition) is 5. The maximum atomic E-state index is 13.0. The molecular weight excluding hydrogens is 299 g/mol. The van der Waals surface area contributed by atoms with Crippen molar-refractivity contribution in [1.29, 1.82) is 0 Å². The molecule has 0 bridgehead atoms. The minimum Gasteiger partial charge on any atom is -0.463 e. The van der Waals surface area contributed by atoms with Crippen LogP contribution in [0.1, 0.15) is 16.1 Å². The van der Waals surface area contributed by atoms with Gasteiger partial charge in [-0.1, -0.05) is 0 Å². The minimum atomic E-state index is -0.449. The second-order valence-electron chi connectivity index (χ2n) is 5.51. The molecule has 1 aliphatic heterocycles. The summed E-state index contributed by atoms with van der Waals surface area (Å²) < 4.78 is 22.9. The molecule has 0 radical (unpaired) electrons. The molecule has 122 valence electrons. The zero-order chi connectivity index (χ0) is 16.2. The van der Waals surface area contributed by atoms with E-state index in [2.05, 4.69) is 9.80 Å². The summed E-state index contributed by atoms with van der Waals surface area (Å²) in [5, 5.41) is 0. The molecule has 23 heavy (non-hydrogen) atoms. The van der Waals surface area contributed by atoms with Gasteiger partial charge in [-0.05, 0) is 30.3 Å². The fourth-order valence-corrected chi connectivity index (χ4v) is 2.79. The van der Waals surface area contributed by atoms with Crippen LogP contribution in [-0.4, -0.2) is 44.2 Å². The number of hydrogen-bond donors (Lipinski definition) is 0. The number of nitrogens with zero attached hydrogens (tertiary/aromatic N) is 2. The zero-order valence-electron chi connectivity index (χ0n) is 13.0. The van der Waals surface area contributed by atoms with Crippen LogP contribution in [0.4, 0.5) is 10.1 Å². The number of rotatable bonds is 4. The first-order valence-electron chi connectivity index (χ1n) is 7.55. The highest BCUT2D eigenvalue weighted by molar-refractivity contribution is 5.87. The number of carbonyl (C=O) groups is 1. The Morgan fingerprint density at radius 2 is 1.87 bits per heavy atom. The Hall–Kier alpha value is -2.34. The number of ether oxygens (including phenoxy) is 1. The summed E-state index contributed by atoms with van der Waals surface area (Å²) in [5.41, 5.74) is 1.87. The lowest BCUT2D eigenvalue weighted by Crippen LogP contribution is -2.46. The van der Waals surface area contributed by atoms with Gasteiger partial charge in [0.25, 0.3) is 0 Å². The van der Waals surface area contributed by atoms with E-state index in [1.54, 1.807) is 18.2 Å². The van der Waals surface area contributed by atoms with Crippen molar-refractivity contribution >= 4 is 11.7 Å². The minimum absolute atomic E-state index is 0.220. The van der Waals surface area contributed by atoms with Gasteiger partial charge in [-0.15, -0.1) is 0 Å². The first-order chi connectivity index (χ1) is 11.2. The molecule has 0 saturated carbocycles. The van der Waals surface area contributed by atoms with Crippen molar-refractivity contribution in [2.75, 3.05) is 38.2 Å². The first kappa shape index (κ1) is 15.6. The predicted molar refractivity (Wildman–Crippen MR) is 83.9 cm³/mol. The van der Waals surface area contributed by atoms with E-state index in [0.29, 0.717) is 6.54 Å². The fraction of sp³-hybridized carbons (Fsp3) is 0.353. The smallest absolute Gasteiger partial charge is 0.374 e. The standard InChI is InChI=1S/C17H19FN2O3/c1-22-17(21)16-13(6-11-23-16)12-19-7-9-20(10-8-19)15-4-2-14(18)3-5-15/h2-6,11H,7-10,12H2,1H3. The first-order valence-corrected chi connectivity index (χ1v) is 7.55. The van der Waals surface area contributed by atoms with Gasteiger partial charge in [0.2, 0.25) is 5.76 Å². The lowest BCUT2D eigenvalue weighted by molar-refractivity contribution is 0.0561. The van der Waals surface area contributed by atoms with Gasteiger partial charge in [0, 0.05) is 44.0 Å². The van der Waals surface area contributed by atoms with Crippen molar-refractivity contribution in [3.8, 4) is 0 Å². The number of carbonyl (C=O) groups excluding carboxylic acids is 1. The van der Waals surface area contributed by atoms with Crippen LogP contribution in [0.2, 0.25) is 0 Å². The monoisotopic (exact) mass is 318 g/mol. The summed E-state index contributed by atoms with van der Waals surface area (Å²) in [5.74, 6) is -0.397. The van der Waals surface area contributed by atoms with E-state index in [1.807, 2.05) is 0 Å². The maximum absolute atomic E-state index is 13.0. The molecule has 0 amide bonds. The molecule has 1 aliphatic rings. The van der Waals surface area contributed by atoms with Crippen LogP contribution in [0.15, 0.2) is 41.0 Å². The quantitative estimate of drug-likeness (QED) is 0.811. The van der Waals surface area contributed by atoms with Crippen LogP contribution in [0, 0.1) is 5.82 Å². The number of benzene rings is 1. The largest absolute Gasteiger partial charge is 0.463 e. The number of piperazine rings is 1. The van der Waals surface area contributed by atoms with Gasteiger partial charge in [0.05, 0.1) is 13.4 Å².